The fraction of sp³-hybridized carbons (Fsp3) is 0.286. The number of halogens is 4. The number of hydrogen-bond donors (Lipinski definition) is 0. The second-order valence-electron chi connectivity index (χ2n) is 2.29. The summed E-state index contributed by atoms with van der Waals surface area (Å²) in [5.41, 5.74) is -0.424. The van der Waals surface area contributed by atoms with Crippen LogP contribution in [0, 0.1) is 10.6 Å². The van der Waals surface area contributed by atoms with Crippen molar-refractivity contribution >= 4 is 22.6 Å². The molecule has 0 aromatic carbocycles. The highest BCUT2D eigenvalue weighted by molar-refractivity contribution is 14.1. The van der Waals surface area contributed by atoms with Gasteiger partial charge in [-0.15, -0.1) is 0 Å². The molecule has 0 N–H and O–H groups in total. The van der Waals surface area contributed by atoms with Crippen LogP contribution in [0.5, 0.6) is 0 Å². The molecule has 1 aromatic rings. The maximum Gasteiger partial charge on any atom is 0.419 e. The zero-order chi connectivity index (χ0) is 9.35. The second-order valence-corrected chi connectivity index (χ2v) is 3.31. The normalized spacial score (nSPS) is 11.8. The van der Waals surface area contributed by atoms with Crippen LogP contribution in [0.25, 0.3) is 0 Å². The molecule has 0 spiro atoms. The van der Waals surface area contributed by atoms with Gasteiger partial charge in [0.1, 0.15) is 3.70 Å². The van der Waals surface area contributed by atoms with Crippen LogP contribution >= 0.6 is 22.6 Å². The van der Waals surface area contributed by atoms with Crippen molar-refractivity contribution in [3.05, 3.63) is 27.1 Å². The predicted octanol–water partition coefficient (Wildman–Crippen LogP) is 3.01. The van der Waals surface area contributed by atoms with Crippen molar-refractivity contribution in [2.75, 3.05) is 0 Å². The number of rotatable bonds is 0. The molecule has 0 aliphatic heterocycles. The van der Waals surface area contributed by atoms with E-state index in [-0.39, 0.29) is 9.26 Å². The molecule has 0 atom stereocenters. The maximum atomic E-state index is 12.3. The fourth-order valence-corrected chi connectivity index (χ4v) is 1.76. The van der Waals surface area contributed by atoms with Crippen molar-refractivity contribution in [2.45, 2.75) is 13.1 Å². The highest BCUT2D eigenvalue weighted by atomic mass is 127. The minimum absolute atomic E-state index is 0.0000926. The summed E-state index contributed by atoms with van der Waals surface area (Å²) in [7, 11) is 0. The Bertz CT molecular complexity index is 275. The molecule has 66 valence electrons. The van der Waals surface area contributed by atoms with Crippen molar-refractivity contribution in [3.8, 4) is 0 Å². The molecule has 0 aliphatic carbocycles. The lowest BCUT2D eigenvalue weighted by Gasteiger charge is -2.10. The molecule has 0 saturated carbocycles. The van der Waals surface area contributed by atoms with E-state index in [4.69, 9.17) is 0 Å². The molecule has 1 heterocycles. The zero-order valence-electron chi connectivity index (χ0n) is 6.11. The van der Waals surface area contributed by atoms with Gasteiger partial charge in [0.15, 0.2) is 0 Å². The van der Waals surface area contributed by atoms with E-state index in [1.165, 1.54) is 19.2 Å². The monoisotopic (exact) mass is 287 g/mol. The first-order valence-electron chi connectivity index (χ1n) is 3.11. The summed E-state index contributed by atoms with van der Waals surface area (Å²) in [5.74, 6) is 0. The van der Waals surface area contributed by atoms with Gasteiger partial charge in [-0.25, -0.2) is 4.98 Å². The first-order chi connectivity index (χ1) is 5.43. The first-order valence-corrected chi connectivity index (χ1v) is 4.19. The lowest BCUT2D eigenvalue weighted by Crippen LogP contribution is -2.10. The molecule has 0 radical (unpaired) electrons. The number of alkyl halides is 3. The van der Waals surface area contributed by atoms with E-state index in [1.54, 1.807) is 22.6 Å². The third-order valence-corrected chi connectivity index (χ3v) is 2.21. The van der Waals surface area contributed by atoms with Crippen molar-refractivity contribution < 1.29 is 13.2 Å². The largest absolute Gasteiger partial charge is 0.419 e. The minimum Gasteiger partial charge on any atom is -0.250 e. The maximum absolute atomic E-state index is 12.3. The second kappa shape index (κ2) is 3.20. The lowest BCUT2D eigenvalue weighted by molar-refractivity contribution is -0.139. The van der Waals surface area contributed by atoms with Gasteiger partial charge in [0, 0.05) is 6.20 Å². The summed E-state index contributed by atoms with van der Waals surface area (Å²) < 4.78 is 36.8. The Balaban J connectivity index is 3.31. The van der Waals surface area contributed by atoms with E-state index in [1.807, 2.05) is 0 Å². The van der Waals surface area contributed by atoms with E-state index in [9.17, 15) is 13.2 Å². The van der Waals surface area contributed by atoms with Gasteiger partial charge in [0.2, 0.25) is 0 Å². The SMILES string of the molecule is Cc1ccnc(I)c1C(F)(F)F. The van der Waals surface area contributed by atoms with Crippen LogP contribution < -0.4 is 0 Å². The number of aromatic nitrogens is 1. The summed E-state index contributed by atoms with van der Waals surface area (Å²) in [6.45, 7) is 1.42. The van der Waals surface area contributed by atoms with Crippen LogP contribution in [0.3, 0.4) is 0 Å². The first kappa shape index (κ1) is 9.76. The molecule has 1 rings (SSSR count). The molecule has 1 nitrogen and oxygen atoms in total. The van der Waals surface area contributed by atoms with Gasteiger partial charge < -0.3 is 0 Å². The number of hydrogen-bond acceptors (Lipinski definition) is 1. The third-order valence-electron chi connectivity index (χ3n) is 1.40. The Morgan fingerprint density at radius 2 is 2.00 bits per heavy atom. The highest BCUT2D eigenvalue weighted by Crippen LogP contribution is 2.33. The number of aryl methyl sites for hydroxylation is 1. The van der Waals surface area contributed by atoms with Gasteiger partial charge in [0.25, 0.3) is 0 Å². The summed E-state index contributed by atoms with van der Waals surface area (Å²) >= 11 is 1.58. The minimum atomic E-state index is -4.30. The van der Waals surface area contributed by atoms with Crippen molar-refractivity contribution in [3.63, 3.8) is 0 Å². The van der Waals surface area contributed by atoms with E-state index in [0.717, 1.165) is 0 Å². The van der Waals surface area contributed by atoms with Crippen molar-refractivity contribution in [2.24, 2.45) is 0 Å². The van der Waals surface area contributed by atoms with Crippen molar-refractivity contribution in [1.82, 2.24) is 4.98 Å². The molecule has 5 heteroatoms. The van der Waals surface area contributed by atoms with Crippen LogP contribution in [0.4, 0.5) is 13.2 Å². The van der Waals surface area contributed by atoms with E-state index in [2.05, 4.69) is 4.98 Å². The molecule has 12 heavy (non-hydrogen) atoms. The van der Waals surface area contributed by atoms with Gasteiger partial charge >= 0.3 is 6.18 Å². The van der Waals surface area contributed by atoms with Crippen LogP contribution in [-0.4, -0.2) is 4.98 Å². The molecule has 0 unspecified atom stereocenters. The Morgan fingerprint density at radius 3 is 2.33 bits per heavy atom. The zero-order valence-corrected chi connectivity index (χ0v) is 8.27. The quantitative estimate of drug-likeness (QED) is 0.528. The Kier molecular flexibility index (Phi) is 2.60. The van der Waals surface area contributed by atoms with Crippen molar-refractivity contribution in [1.29, 1.82) is 0 Å². The lowest BCUT2D eigenvalue weighted by atomic mass is 10.1. The van der Waals surface area contributed by atoms with Crippen LogP contribution in [0.2, 0.25) is 0 Å². The molecule has 0 amide bonds. The standard InChI is InChI=1S/C7H5F3IN/c1-4-2-3-12-6(11)5(4)7(8,9)10/h2-3H,1H3. The average Bonchev–Trinajstić information content (AvgIpc) is 1.82. The summed E-state index contributed by atoms with van der Waals surface area (Å²) in [6.07, 6.45) is -2.93. The van der Waals surface area contributed by atoms with Gasteiger partial charge in [-0.3, -0.25) is 0 Å². The molecule has 1 aromatic heterocycles. The molecule has 0 fully saturated rings. The molecule has 0 saturated heterocycles. The van der Waals surface area contributed by atoms with E-state index in [0.29, 0.717) is 0 Å². The molecule has 0 aliphatic rings. The Hall–Kier alpha value is -0.330. The molecular weight excluding hydrogens is 282 g/mol. The van der Waals surface area contributed by atoms with E-state index < -0.39 is 11.7 Å². The topological polar surface area (TPSA) is 12.9 Å². The predicted molar refractivity (Wildman–Crippen MR) is 46.7 cm³/mol. The average molecular weight is 287 g/mol. The van der Waals surface area contributed by atoms with Crippen LogP contribution in [0.15, 0.2) is 12.3 Å². The number of nitrogens with zero attached hydrogens (tertiary/aromatic N) is 1. The molecular formula is C7H5F3IN. The number of pyridine rings is 1. The van der Waals surface area contributed by atoms with Gasteiger partial charge in [0.05, 0.1) is 5.56 Å². The van der Waals surface area contributed by atoms with Crippen LogP contribution in [0.1, 0.15) is 11.1 Å². The summed E-state index contributed by atoms with van der Waals surface area (Å²) in [4.78, 5) is 3.57. The highest BCUT2D eigenvalue weighted by Gasteiger charge is 2.35. The van der Waals surface area contributed by atoms with Gasteiger partial charge in [-0.2, -0.15) is 13.2 Å². The fourth-order valence-electron chi connectivity index (χ4n) is 0.866. The van der Waals surface area contributed by atoms with Crippen LogP contribution in [-0.2, 0) is 6.18 Å². The van der Waals surface area contributed by atoms with Gasteiger partial charge in [-0.1, -0.05) is 0 Å². The Labute approximate surface area is 81.1 Å². The summed E-state index contributed by atoms with van der Waals surface area (Å²) in [5, 5.41) is 0. The smallest absolute Gasteiger partial charge is 0.250 e. The van der Waals surface area contributed by atoms with Gasteiger partial charge in [-0.05, 0) is 41.1 Å². The van der Waals surface area contributed by atoms with E-state index >= 15 is 0 Å². The third kappa shape index (κ3) is 1.88. The summed E-state index contributed by atoms with van der Waals surface area (Å²) in [6, 6.07) is 1.35. The Morgan fingerprint density at radius 1 is 1.42 bits per heavy atom. The molecule has 0 bridgehead atoms.